The summed E-state index contributed by atoms with van der Waals surface area (Å²) in [6.45, 7) is 2.27. The van der Waals surface area contributed by atoms with Crippen LogP contribution in [0.2, 0.25) is 0 Å². The van der Waals surface area contributed by atoms with Crippen LogP contribution in [0.25, 0.3) is 11.0 Å². The predicted molar refractivity (Wildman–Crippen MR) is 78.4 cm³/mol. The molecule has 1 aliphatic rings. The number of benzene rings is 1. The van der Waals surface area contributed by atoms with Gasteiger partial charge in [-0.15, -0.1) is 0 Å². The number of para-hydroxylation sites is 2. The normalized spacial score (nSPS) is 22.6. The third kappa shape index (κ3) is 2.79. The van der Waals surface area contributed by atoms with Crippen LogP contribution in [-0.2, 0) is 0 Å². The number of carbonyl (C=O) groups is 1. The molecule has 1 aliphatic carbocycles. The monoisotopic (exact) mass is 269 g/mol. The number of aromatic nitrogens is 2. The fourth-order valence-corrected chi connectivity index (χ4v) is 2.73. The van der Waals surface area contributed by atoms with Gasteiger partial charge in [-0.25, -0.2) is 4.98 Å². The molecule has 4 heteroatoms. The van der Waals surface area contributed by atoms with Crippen molar-refractivity contribution in [2.24, 2.45) is 5.92 Å². The molecule has 0 aliphatic heterocycles. The van der Waals surface area contributed by atoms with Crippen LogP contribution >= 0.6 is 0 Å². The van der Waals surface area contributed by atoms with Crippen LogP contribution in [0.15, 0.2) is 30.5 Å². The quantitative estimate of drug-likeness (QED) is 0.912. The highest BCUT2D eigenvalue weighted by Gasteiger charge is 2.20. The van der Waals surface area contributed by atoms with E-state index in [1.165, 1.54) is 12.8 Å². The Morgan fingerprint density at radius 1 is 1.15 bits per heavy atom. The molecule has 1 aromatic carbocycles. The van der Waals surface area contributed by atoms with Crippen LogP contribution in [0.3, 0.4) is 0 Å². The van der Waals surface area contributed by atoms with Gasteiger partial charge in [-0.3, -0.25) is 9.78 Å². The summed E-state index contributed by atoms with van der Waals surface area (Å²) in [5.41, 5.74) is 1.98. The van der Waals surface area contributed by atoms with E-state index in [1.807, 2.05) is 24.3 Å². The number of carbonyl (C=O) groups excluding carboxylic acids is 1. The second-order valence-electron chi connectivity index (χ2n) is 5.67. The largest absolute Gasteiger partial charge is 0.348 e. The lowest BCUT2D eigenvalue weighted by molar-refractivity contribution is 0.0918. The van der Waals surface area contributed by atoms with Crippen LogP contribution in [0.4, 0.5) is 0 Å². The van der Waals surface area contributed by atoms with Crippen LogP contribution in [0.1, 0.15) is 43.1 Å². The summed E-state index contributed by atoms with van der Waals surface area (Å²) in [4.78, 5) is 20.9. The maximum Gasteiger partial charge on any atom is 0.271 e. The van der Waals surface area contributed by atoms with Crippen LogP contribution < -0.4 is 5.32 Å². The number of nitrogens with one attached hydrogen (secondary N) is 1. The molecule has 1 N–H and O–H groups in total. The van der Waals surface area contributed by atoms with Crippen molar-refractivity contribution >= 4 is 16.9 Å². The van der Waals surface area contributed by atoms with Gasteiger partial charge in [0.2, 0.25) is 0 Å². The van der Waals surface area contributed by atoms with E-state index in [9.17, 15) is 4.79 Å². The Labute approximate surface area is 118 Å². The van der Waals surface area contributed by atoms with Crippen molar-refractivity contribution in [3.8, 4) is 0 Å². The number of amides is 1. The van der Waals surface area contributed by atoms with Crippen molar-refractivity contribution in [1.82, 2.24) is 15.3 Å². The molecule has 104 valence electrons. The van der Waals surface area contributed by atoms with Crippen LogP contribution in [0, 0.1) is 5.92 Å². The molecule has 2 aromatic rings. The van der Waals surface area contributed by atoms with E-state index in [0.29, 0.717) is 5.69 Å². The second kappa shape index (κ2) is 5.57. The SMILES string of the molecule is C[C@H]1CC[C@H](NC(=O)c2cnc3ccccc3n2)CC1. The first-order valence-corrected chi connectivity index (χ1v) is 7.25. The number of fused-ring (bicyclic) bond motifs is 1. The Morgan fingerprint density at radius 3 is 2.60 bits per heavy atom. The molecule has 3 rings (SSSR count). The zero-order valence-corrected chi connectivity index (χ0v) is 11.7. The fourth-order valence-electron chi connectivity index (χ4n) is 2.73. The lowest BCUT2D eigenvalue weighted by Crippen LogP contribution is -2.37. The Balaban J connectivity index is 1.72. The molecule has 1 aromatic heterocycles. The average Bonchev–Trinajstić information content (AvgIpc) is 2.49. The Morgan fingerprint density at radius 2 is 1.85 bits per heavy atom. The van der Waals surface area contributed by atoms with E-state index in [4.69, 9.17) is 0 Å². The highest BCUT2D eigenvalue weighted by molar-refractivity contribution is 5.93. The van der Waals surface area contributed by atoms with Crippen molar-refractivity contribution in [3.63, 3.8) is 0 Å². The van der Waals surface area contributed by atoms with Crippen LogP contribution in [-0.4, -0.2) is 21.9 Å². The summed E-state index contributed by atoms with van der Waals surface area (Å²) in [7, 11) is 0. The molecule has 0 bridgehead atoms. The second-order valence-corrected chi connectivity index (χ2v) is 5.67. The average molecular weight is 269 g/mol. The molecule has 1 amide bonds. The molecule has 0 unspecified atom stereocenters. The van der Waals surface area contributed by atoms with E-state index in [0.717, 1.165) is 29.8 Å². The first-order valence-electron chi connectivity index (χ1n) is 7.25. The molecule has 0 saturated heterocycles. The minimum atomic E-state index is -0.109. The van der Waals surface area contributed by atoms with Gasteiger partial charge in [0, 0.05) is 6.04 Å². The summed E-state index contributed by atoms with van der Waals surface area (Å²) >= 11 is 0. The number of hydrogen-bond acceptors (Lipinski definition) is 3. The van der Waals surface area contributed by atoms with Gasteiger partial charge >= 0.3 is 0 Å². The third-order valence-electron chi connectivity index (χ3n) is 4.03. The Hall–Kier alpha value is -1.97. The standard InChI is InChI=1S/C16H19N3O/c1-11-6-8-12(9-7-11)18-16(20)15-10-17-13-4-2-3-5-14(13)19-15/h2-5,10-12H,6-9H2,1H3,(H,18,20)/t11-,12-. The zero-order valence-electron chi connectivity index (χ0n) is 11.7. The molecule has 4 nitrogen and oxygen atoms in total. The molecule has 1 heterocycles. The molecule has 0 radical (unpaired) electrons. The third-order valence-corrected chi connectivity index (χ3v) is 4.03. The van der Waals surface area contributed by atoms with Gasteiger partial charge in [0.15, 0.2) is 0 Å². The highest BCUT2D eigenvalue weighted by atomic mass is 16.1. The number of hydrogen-bond donors (Lipinski definition) is 1. The molecule has 20 heavy (non-hydrogen) atoms. The Bertz CT molecular complexity index is 618. The number of nitrogens with zero attached hydrogens (tertiary/aromatic N) is 2. The molecular weight excluding hydrogens is 250 g/mol. The lowest BCUT2D eigenvalue weighted by Gasteiger charge is -2.26. The van der Waals surface area contributed by atoms with Gasteiger partial charge < -0.3 is 5.32 Å². The maximum absolute atomic E-state index is 12.2. The van der Waals surface area contributed by atoms with E-state index in [2.05, 4.69) is 22.2 Å². The first-order chi connectivity index (χ1) is 9.72. The van der Waals surface area contributed by atoms with Crippen molar-refractivity contribution in [1.29, 1.82) is 0 Å². The zero-order chi connectivity index (χ0) is 13.9. The summed E-state index contributed by atoms with van der Waals surface area (Å²) in [6, 6.07) is 7.88. The van der Waals surface area contributed by atoms with Crippen molar-refractivity contribution in [2.45, 2.75) is 38.6 Å². The molecule has 1 fully saturated rings. The Kier molecular flexibility index (Phi) is 3.63. The van der Waals surface area contributed by atoms with Gasteiger partial charge in [-0.05, 0) is 43.7 Å². The molecular formula is C16H19N3O. The predicted octanol–water partition coefficient (Wildman–Crippen LogP) is 2.94. The maximum atomic E-state index is 12.2. The summed E-state index contributed by atoms with van der Waals surface area (Å²) in [6.07, 6.45) is 6.06. The van der Waals surface area contributed by atoms with Gasteiger partial charge in [0.1, 0.15) is 5.69 Å². The van der Waals surface area contributed by atoms with Gasteiger partial charge in [0.05, 0.1) is 17.2 Å². The number of rotatable bonds is 2. The van der Waals surface area contributed by atoms with Crippen molar-refractivity contribution < 1.29 is 4.79 Å². The smallest absolute Gasteiger partial charge is 0.271 e. The minimum absolute atomic E-state index is 0.109. The van der Waals surface area contributed by atoms with Crippen LogP contribution in [0.5, 0.6) is 0 Å². The van der Waals surface area contributed by atoms with E-state index >= 15 is 0 Å². The molecule has 0 spiro atoms. The summed E-state index contributed by atoms with van der Waals surface area (Å²) < 4.78 is 0. The van der Waals surface area contributed by atoms with Gasteiger partial charge in [-0.1, -0.05) is 19.1 Å². The minimum Gasteiger partial charge on any atom is -0.348 e. The molecule has 0 atom stereocenters. The fraction of sp³-hybridized carbons (Fsp3) is 0.438. The lowest BCUT2D eigenvalue weighted by atomic mass is 9.87. The summed E-state index contributed by atoms with van der Waals surface area (Å²) in [5, 5.41) is 3.08. The molecule has 1 saturated carbocycles. The van der Waals surface area contributed by atoms with Crippen molar-refractivity contribution in [3.05, 3.63) is 36.2 Å². The van der Waals surface area contributed by atoms with E-state index in [-0.39, 0.29) is 11.9 Å². The van der Waals surface area contributed by atoms with Gasteiger partial charge in [0.25, 0.3) is 5.91 Å². The highest BCUT2D eigenvalue weighted by Crippen LogP contribution is 2.23. The topological polar surface area (TPSA) is 54.9 Å². The van der Waals surface area contributed by atoms with E-state index < -0.39 is 0 Å². The van der Waals surface area contributed by atoms with Crippen molar-refractivity contribution in [2.75, 3.05) is 0 Å². The summed E-state index contributed by atoms with van der Waals surface area (Å²) in [5.74, 6) is 0.673. The first kappa shape index (κ1) is 13.0. The van der Waals surface area contributed by atoms with E-state index in [1.54, 1.807) is 6.20 Å². The van der Waals surface area contributed by atoms with Gasteiger partial charge in [-0.2, -0.15) is 0 Å².